The molecule has 2 unspecified atom stereocenters. The summed E-state index contributed by atoms with van der Waals surface area (Å²) >= 11 is 0. The van der Waals surface area contributed by atoms with Crippen LogP contribution in [0.15, 0.2) is 0 Å². The maximum Gasteiger partial charge on any atom is 0.0593 e. The van der Waals surface area contributed by atoms with Crippen LogP contribution in [0.2, 0.25) is 0 Å². The highest BCUT2D eigenvalue weighted by atomic mass is 16.5. The zero-order valence-corrected chi connectivity index (χ0v) is 12.4. The molecular weight excluding hydrogens is 240 g/mol. The van der Waals surface area contributed by atoms with E-state index >= 15 is 0 Å². The summed E-state index contributed by atoms with van der Waals surface area (Å²) in [5.41, 5.74) is 0. The zero-order chi connectivity index (χ0) is 13.3. The average molecular weight is 270 g/mol. The van der Waals surface area contributed by atoms with Crippen LogP contribution in [0.1, 0.15) is 38.5 Å². The molecule has 2 saturated heterocycles. The first-order valence-corrected chi connectivity index (χ1v) is 7.96. The average Bonchev–Trinajstić information content (AvgIpc) is 2.97. The maximum atomic E-state index is 5.71. The number of ether oxygens (including phenoxy) is 2. The minimum absolute atomic E-state index is 0.730. The van der Waals surface area contributed by atoms with E-state index in [-0.39, 0.29) is 0 Å². The Morgan fingerprint density at radius 3 is 2.84 bits per heavy atom. The van der Waals surface area contributed by atoms with Crippen molar-refractivity contribution in [2.24, 2.45) is 0 Å². The van der Waals surface area contributed by atoms with Gasteiger partial charge in [0.2, 0.25) is 0 Å². The molecule has 0 aromatic rings. The van der Waals surface area contributed by atoms with Gasteiger partial charge in [0.25, 0.3) is 0 Å². The summed E-state index contributed by atoms with van der Waals surface area (Å²) in [6.07, 6.45) is 7.82. The van der Waals surface area contributed by atoms with Crippen molar-refractivity contribution >= 4 is 0 Å². The van der Waals surface area contributed by atoms with Crippen molar-refractivity contribution < 1.29 is 9.47 Å². The lowest BCUT2D eigenvalue weighted by Gasteiger charge is -2.39. The van der Waals surface area contributed by atoms with Gasteiger partial charge in [0.1, 0.15) is 0 Å². The van der Waals surface area contributed by atoms with Crippen molar-refractivity contribution in [1.29, 1.82) is 0 Å². The summed E-state index contributed by atoms with van der Waals surface area (Å²) in [6.45, 7) is 6.06. The van der Waals surface area contributed by atoms with Gasteiger partial charge in [0.05, 0.1) is 6.61 Å². The van der Waals surface area contributed by atoms with Crippen LogP contribution in [-0.4, -0.2) is 63.5 Å². The van der Waals surface area contributed by atoms with Gasteiger partial charge in [-0.1, -0.05) is 6.42 Å². The fourth-order valence-electron chi connectivity index (χ4n) is 3.38. The number of hydrogen-bond acceptors (Lipinski definition) is 4. The molecule has 2 heterocycles. The molecule has 0 aromatic heterocycles. The first kappa shape index (κ1) is 15.2. The first-order chi connectivity index (χ1) is 9.42. The van der Waals surface area contributed by atoms with E-state index in [4.69, 9.17) is 9.47 Å². The SMILES string of the molecule is COCCCOCCN1CCCCC1C1CCCN1. The first-order valence-electron chi connectivity index (χ1n) is 7.96. The van der Waals surface area contributed by atoms with Crippen molar-refractivity contribution in [1.82, 2.24) is 10.2 Å². The summed E-state index contributed by atoms with van der Waals surface area (Å²) < 4.78 is 10.7. The van der Waals surface area contributed by atoms with Crippen LogP contribution < -0.4 is 5.32 Å². The number of piperidine rings is 1. The molecule has 19 heavy (non-hydrogen) atoms. The molecule has 0 aliphatic carbocycles. The van der Waals surface area contributed by atoms with E-state index < -0.39 is 0 Å². The van der Waals surface area contributed by atoms with E-state index in [1.807, 2.05) is 0 Å². The van der Waals surface area contributed by atoms with E-state index in [1.54, 1.807) is 7.11 Å². The van der Waals surface area contributed by atoms with Gasteiger partial charge in [-0.3, -0.25) is 4.90 Å². The molecule has 4 nitrogen and oxygen atoms in total. The van der Waals surface area contributed by atoms with Crippen molar-refractivity contribution in [3.8, 4) is 0 Å². The molecular formula is C15H30N2O2. The standard InChI is InChI=1S/C15H30N2O2/c1-18-11-5-12-19-13-10-17-9-3-2-7-15(17)14-6-4-8-16-14/h14-16H,2-13H2,1H3. The summed E-state index contributed by atoms with van der Waals surface area (Å²) in [7, 11) is 1.74. The van der Waals surface area contributed by atoms with Crippen LogP contribution in [0.25, 0.3) is 0 Å². The van der Waals surface area contributed by atoms with Crippen LogP contribution in [0, 0.1) is 0 Å². The van der Waals surface area contributed by atoms with Crippen LogP contribution >= 0.6 is 0 Å². The van der Waals surface area contributed by atoms with Gasteiger partial charge in [-0.05, 0) is 45.2 Å². The number of methoxy groups -OCH3 is 1. The lowest BCUT2D eigenvalue weighted by atomic mass is 9.94. The van der Waals surface area contributed by atoms with Gasteiger partial charge in [-0.15, -0.1) is 0 Å². The molecule has 2 aliphatic heterocycles. The Labute approximate surface area is 117 Å². The van der Waals surface area contributed by atoms with Gasteiger partial charge >= 0.3 is 0 Å². The zero-order valence-electron chi connectivity index (χ0n) is 12.4. The minimum atomic E-state index is 0.730. The summed E-state index contributed by atoms with van der Waals surface area (Å²) in [6, 6.07) is 1.48. The molecule has 0 saturated carbocycles. The third-order valence-corrected chi connectivity index (χ3v) is 4.39. The van der Waals surface area contributed by atoms with Crippen LogP contribution in [-0.2, 0) is 9.47 Å². The van der Waals surface area contributed by atoms with E-state index in [0.29, 0.717) is 0 Å². The Morgan fingerprint density at radius 2 is 2.05 bits per heavy atom. The molecule has 1 N–H and O–H groups in total. The Kier molecular flexibility index (Phi) is 7.14. The van der Waals surface area contributed by atoms with Crippen LogP contribution in [0.5, 0.6) is 0 Å². The fourth-order valence-corrected chi connectivity index (χ4v) is 3.38. The molecule has 0 radical (unpaired) electrons. The smallest absolute Gasteiger partial charge is 0.0593 e. The Balaban J connectivity index is 1.64. The summed E-state index contributed by atoms with van der Waals surface area (Å²) in [5.74, 6) is 0. The second kappa shape index (κ2) is 8.90. The quantitative estimate of drug-likeness (QED) is 0.680. The summed E-state index contributed by atoms with van der Waals surface area (Å²) in [5, 5.41) is 3.68. The predicted octanol–water partition coefficient (Wildman–Crippen LogP) is 1.65. The number of nitrogens with one attached hydrogen (secondary N) is 1. The minimum Gasteiger partial charge on any atom is -0.385 e. The second-order valence-corrected chi connectivity index (χ2v) is 5.76. The lowest BCUT2D eigenvalue weighted by molar-refractivity contribution is 0.0528. The van der Waals surface area contributed by atoms with Crippen LogP contribution in [0.3, 0.4) is 0 Å². The van der Waals surface area contributed by atoms with Crippen LogP contribution in [0.4, 0.5) is 0 Å². The molecule has 112 valence electrons. The number of likely N-dealkylation sites (tertiary alicyclic amines) is 1. The number of rotatable bonds is 8. The third-order valence-electron chi connectivity index (χ3n) is 4.39. The molecule has 0 bridgehead atoms. The lowest BCUT2D eigenvalue weighted by Crippen LogP contribution is -2.51. The molecule has 2 atom stereocenters. The van der Waals surface area contributed by atoms with Gasteiger partial charge in [-0.25, -0.2) is 0 Å². The fraction of sp³-hybridized carbons (Fsp3) is 1.00. The molecule has 0 amide bonds. The molecule has 0 spiro atoms. The Bertz CT molecular complexity index is 232. The van der Waals surface area contributed by atoms with E-state index in [2.05, 4.69) is 10.2 Å². The van der Waals surface area contributed by atoms with E-state index in [1.165, 1.54) is 45.2 Å². The number of hydrogen-bond donors (Lipinski definition) is 1. The predicted molar refractivity (Wildman–Crippen MR) is 77.5 cm³/mol. The van der Waals surface area contributed by atoms with E-state index in [9.17, 15) is 0 Å². The van der Waals surface area contributed by atoms with Crippen molar-refractivity contribution in [2.45, 2.75) is 50.6 Å². The Hall–Kier alpha value is -0.160. The van der Waals surface area contributed by atoms with E-state index in [0.717, 1.165) is 44.9 Å². The molecule has 0 aromatic carbocycles. The van der Waals surface area contributed by atoms with Gasteiger partial charge < -0.3 is 14.8 Å². The normalized spacial score (nSPS) is 28.9. The largest absolute Gasteiger partial charge is 0.385 e. The molecule has 2 aliphatic rings. The topological polar surface area (TPSA) is 33.7 Å². The molecule has 2 rings (SSSR count). The monoisotopic (exact) mass is 270 g/mol. The van der Waals surface area contributed by atoms with Crippen molar-refractivity contribution in [3.63, 3.8) is 0 Å². The van der Waals surface area contributed by atoms with Crippen molar-refractivity contribution in [2.75, 3.05) is 46.6 Å². The van der Waals surface area contributed by atoms with Gasteiger partial charge in [-0.2, -0.15) is 0 Å². The highest BCUT2D eigenvalue weighted by Crippen LogP contribution is 2.23. The molecule has 2 fully saturated rings. The third kappa shape index (κ3) is 5.03. The second-order valence-electron chi connectivity index (χ2n) is 5.76. The van der Waals surface area contributed by atoms with Crippen molar-refractivity contribution in [3.05, 3.63) is 0 Å². The highest BCUT2D eigenvalue weighted by Gasteiger charge is 2.30. The van der Waals surface area contributed by atoms with Gasteiger partial charge in [0.15, 0.2) is 0 Å². The maximum absolute atomic E-state index is 5.71. The summed E-state index contributed by atoms with van der Waals surface area (Å²) in [4.78, 5) is 2.66. The van der Waals surface area contributed by atoms with Gasteiger partial charge in [0, 0.05) is 39.0 Å². The highest BCUT2D eigenvalue weighted by molar-refractivity contribution is 4.90. The number of nitrogens with zero attached hydrogens (tertiary/aromatic N) is 1. The Morgan fingerprint density at radius 1 is 1.11 bits per heavy atom. The molecule has 4 heteroatoms.